The number of fused-ring (bicyclic) bond motifs is 1. The van der Waals surface area contributed by atoms with Gasteiger partial charge in [-0.2, -0.15) is 5.10 Å². The van der Waals surface area contributed by atoms with Gasteiger partial charge in [0, 0.05) is 30.9 Å². The van der Waals surface area contributed by atoms with Crippen molar-refractivity contribution >= 4 is 16.9 Å². The monoisotopic (exact) mass is 349 g/mol. The van der Waals surface area contributed by atoms with Crippen LogP contribution < -0.4 is 9.64 Å². The van der Waals surface area contributed by atoms with Gasteiger partial charge in [-0.25, -0.2) is 9.97 Å². The molecule has 0 unspecified atom stereocenters. The van der Waals surface area contributed by atoms with Crippen LogP contribution in [-0.4, -0.2) is 38.9 Å². The Morgan fingerprint density at radius 3 is 2.77 bits per heavy atom. The lowest BCUT2D eigenvalue weighted by molar-refractivity contribution is 0.192. The Labute approximate surface area is 152 Å². The van der Waals surface area contributed by atoms with E-state index < -0.39 is 0 Å². The molecular weight excluding hydrogens is 326 g/mol. The second-order valence-corrected chi connectivity index (χ2v) is 7.62. The van der Waals surface area contributed by atoms with Crippen LogP contribution in [0.1, 0.15) is 39.0 Å². The first kappa shape index (κ1) is 15.6. The highest BCUT2D eigenvalue weighted by atomic mass is 16.5. The lowest BCUT2D eigenvalue weighted by Gasteiger charge is -2.27. The van der Waals surface area contributed by atoms with Crippen LogP contribution in [0.25, 0.3) is 22.3 Å². The van der Waals surface area contributed by atoms with Crippen LogP contribution in [0.15, 0.2) is 30.5 Å². The number of nitrogens with one attached hydrogen (secondary N) is 1. The molecule has 0 aromatic carbocycles. The Hall–Kier alpha value is -2.63. The Kier molecular flexibility index (Phi) is 3.58. The fraction of sp³-hybridized carbons (Fsp3) is 0.450. The van der Waals surface area contributed by atoms with Crippen molar-refractivity contribution < 1.29 is 4.74 Å². The fourth-order valence-corrected chi connectivity index (χ4v) is 3.53. The molecular formula is C20H23N5O. The molecule has 0 spiro atoms. The number of hydrogen-bond donors (Lipinski definition) is 1. The Morgan fingerprint density at radius 2 is 1.96 bits per heavy atom. The number of H-pyrrole nitrogens is 1. The smallest absolute Gasteiger partial charge is 0.214 e. The summed E-state index contributed by atoms with van der Waals surface area (Å²) in [6.45, 7) is 4.28. The summed E-state index contributed by atoms with van der Waals surface area (Å²) in [4.78, 5) is 11.7. The van der Waals surface area contributed by atoms with E-state index in [1.54, 1.807) is 0 Å². The third-order valence-corrected chi connectivity index (χ3v) is 5.39. The van der Waals surface area contributed by atoms with Gasteiger partial charge in [0.15, 0.2) is 0 Å². The number of aromatic amines is 1. The zero-order chi connectivity index (χ0) is 17.6. The maximum absolute atomic E-state index is 6.03. The molecule has 1 aliphatic carbocycles. The van der Waals surface area contributed by atoms with E-state index in [9.17, 15) is 0 Å². The predicted octanol–water partition coefficient (Wildman–Crippen LogP) is 3.94. The molecule has 2 fully saturated rings. The number of rotatable bonds is 4. The topological polar surface area (TPSA) is 66.9 Å². The van der Waals surface area contributed by atoms with Crippen molar-refractivity contribution in [3.63, 3.8) is 0 Å². The largest absolute Gasteiger partial charge is 0.471 e. The van der Waals surface area contributed by atoms with Crippen LogP contribution in [0.3, 0.4) is 0 Å². The molecule has 134 valence electrons. The van der Waals surface area contributed by atoms with E-state index >= 15 is 0 Å². The summed E-state index contributed by atoms with van der Waals surface area (Å²) in [5, 5.41) is 7.60. The molecule has 3 aromatic heterocycles. The second-order valence-electron chi connectivity index (χ2n) is 7.62. The summed E-state index contributed by atoms with van der Waals surface area (Å²) in [7, 11) is 0. The molecule has 1 saturated heterocycles. The summed E-state index contributed by atoms with van der Waals surface area (Å²) < 4.78 is 6.03. The lowest BCUT2D eigenvalue weighted by atomic mass is 10.1. The zero-order valence-electron chi connectivity index (χ0n) is 15.0. The van der Waals surface area contributed by atoms with E-state index in [1.165, 1.54) is 19.3 Å². The van der Waals surface area contributed by atoms with Crippen LogP contribution in [0.5, 0.6) is 5.88 Å². The van der Waals surface area contributed by atoms with Gasteiger partial charge in [-0.05, 0) is 57.2 Å². The number of pyridine rings is 2. The lowest BCUT2D eigenvalue weighted by Crippen LogP contribution is -2.30. The van der Waals surface area contributed by atoms with Gasteiger partial charge in [-0.15, -0.1) is 0 Å². The van der Waals surface area contributed by atoms with Crippen molar-refractivity contribution in [2.75, 3.05) is 18.0 Å². The zero-order valence-corrected chi connectivity index (χ0v) is 15.0. The predicted molar refractivity (Wildman–Crippen MR) is 101 cm³/mol. The molecule has 1 N–H and O–H groups in total. The molecule has 3 aromatic rings. The van der Waals surface area contributed by atoms with Gasteiger partial charge in [0.1, 0.15) is 22.6 Å². The van der Waals surface area contributed by atoms with Gasteiger partial charge < -0.3 is 9.64 Å². The van der Waals surface area contributed by atoms with Gasteiger partial charge in [0.2, 0.25) is 5.88 Å². The van der Waals surface area contributed by atoms with Crippen molar-refractivity contribution in [3.8, 4) is 17.1 Å². The standard InChI is InChI=1S/C20H23N5O/c1-20(8-9-20)26-17-6-5-15-19(22-17)18(24-23-15)14-7-10-21-16(13-14)25-11-3-2-4-12-25/h5-7,10,13H,2-4,8-9,11-12H2,1H3,(H,23,24). The van der Waals surface area contributed by atoms with Crippen molar-refractivity contribution in [1.82, 2.24) is 20.2 Å². The van der Waals surface area contributed by atoms with Gasteiger partial charge in [-0.1, -0.05) is 0 Å². The molecule has 2 aliphatic rings. The van der Waals surface area contributed by atoms with E-state index in [1.807, 2.05) is 24.4 Å². The van der Waals surface area contributed by atoms with Gasteiger partial charge >= 0.3 is 0 Å². The first-order chi connectivity index (χ1) is 12.7. The Morgan fingerprint density at radius 1 is 1.12 bits per heavy atom. The second kappa shape index (κ2) is 5.97. The highest BCUT2D eigenvalue weighted by Crippen LogP contribution is 2.39. The highest BCUT2D eigenvalue weighted by Gasteiger charge is 2.40. The minimum absolute atomic E-state index is 0.0390. The molecule has 0 bridgehead atoms. The third-order valence-electron chi connectivity index (χ3n) is 5.39. The molecule has 0 atom stereocenters. The average molecular weight is 349 g/mol. The first-order valence-electron chi connectivity index (χ1n) is 9.46. The van der Waals surface area contributed by atoms with Gasteiger partial charge in [-0.3, -0.25) is 5.10 Å². The fourth-order valence-electron chi connectivity index (χ4n) is 3.53. The average Bonchev–Trinajstić information content (AvgIpc) is 3.25. The maximum atomic E-state index is 6.03. The normalized spacial score (nSPS) is 18.9. The molecule has 6 heteroatoms. The minimum atomic E-state index is -0.0390. The summed E-state index contributed by atoms with van der Waals surface area (Å²) in [6, 6.07) is 8.03. The third kappa shape index (κ3) is 2.89. The molecule has 1 aliphatic heterocycles. The van der Waals surface area contributed by atoms with E-state index in [0.29, 0.717) is 5.88 Å². The molecule has 0 radical (unpaired) electrons. The first-order valence-corrected chi connectivity index (χ1v) is 9.46. The number of nitrogens with zero attached hydrogens (tertiary/aromatic N) is 4. The quantitative estimate of drug-likeness (QED) is 0.773. The van der Waals surface area contributed by atoms with Crippen LogP contribution in [0.4, 0.5) is 5.82 Å². The van der Waals surface area contributed by atoms with Crippen LogP contribution in [0, 0.1) is 0 Å². The number of ether oxygens (including phenoxy) is 1. The Balaban J connectivity index is 1.50. The number of piperidine rings is 1. The van der Waals surface area contributed by atoms with Gasteiger partial charge in [0.25, 0.3) is 0 Å². The van der Waals surface area contributed by atoms with E-state index in [2.05, 4.69) is 33.1 Å². The molecule has 26 heavy (non-hydrogen) atoms. The molecule has 6 nitrogen and oxygen atoms in total. The van der Waals surface area contributed by atoms with E-state index in [0.717, 1.165) is 54.0 Å². The molecule has 4 heterocycles. The number of hydrogen-bond acceptors (Lipinski definition) is 5. The van der Waals surface area contributed by atoms with Crippen LogP contribution in [0.2, 0.25) is 0 Å². The van der Waals surface area contributed by atoms with E-state index in [4.69, 9.17) is 9.72 Å². The Bertz CT molecular complexity index is 940. The van der Waals surface area contributed by atoms with Crippen molar-refractivity contribution in [2.24, 2.45) is 0 Å². The number of aromatic nitrogens is 4. The minimum Gasteiger partial charge on any atom is -0.471 e. The van der Waals surface area contributed by atoms with Gasteiger partial charge in [0.05, 0.1) is 5.52 Å². The van der Waals surface area contributed by atoms with Crippen LogP contribution in [-0.2, 0) is 0 Å². The highest BCUT2D eigenvalue weighted by molar-refractivity contribution is 5.90. The van der Waals surface area contributed by atoms with E-state index in [-0.39, 0.29) is 5.60 Å². The summed E-state index contributed by atoms with van der Waals surface area (Å²) in [6.07, 6.45) is 7.83. The number of anilines is 1. The van der Waals surface area contributed by atoms with Crippen molar-refractivity contribution in [3.05, 3.63) is 30.5 Å². The SMILES string of the molecule is CC1(Oc2ccc3[nH]nc(-c4ccnc(N5CCCCC5)c4)c3n2)CC1. The van der Waals surface area contributed by atoms with Crippen molar-refractivity contribution in [1.29, 1.82) is 0 Å². The maximum Gasteiger partial charge on any atom is 0.214 e. The molecule has 0 amide bonds. The summed E-state index contributed by atoms with van der Waals surface area (Å²) in [5.74, 6) is 1.70. The molecule has 1 saturated carbocycles. The summed E-state index contributed by atoms with van der Waals surface area (Å²) in [5.41, 5.74) is 3.62. The molecule has 5 rings (SSSR count). The van der Waals surface area contributed by atoms with Crippen molar-refractivity contribution in [2.45, 2.75) is 44.6 Å². The summed E-state index contributed by atoms with van der Waals surface area (Å²) >= 11 is 0. The van der Waals surface area contributed by atoms with Crippen LogP contribution >= 0.6 is 0 Å².